The van der Waals surface area contributed by atoms with Crippen LogP contribution in [0, 0.1) is 0 Å². The molecule has 0 aliphatic heterocycles. The maximum Gasteiger partial charge on any atom is 0.338 e. The molecule has 0 aromatic heterocycles. The minimum atomic E-state index is -3.36. The van der Waals surface area contributed by atoms with Crippen LogP contribution in [0.25, 0.3) is 10.8 Å². The van der Waals surface area contributed by atoms with Crippen LogP contribution in [0.15, 0.2) is 71.6 Å². The first kappa shape index (κ1) is 16.2. The molecular formula is C19H16O4S. The molecule has 0 radical (unpaired) electrons. The predicted octanol–water partition coefficient (Wildman–Crippen LogP) is 3.60. The average Bonchev–Trinajstić information content (AvgIpc) is 2.59. The highest BCUT2D eigenvalue weighted by Gasteiger charge is 2.13. The summed E-state index contributed by atoms with van der Waals surface area (Å²) < 4.78 is 28.5. The fourth-order valence-corrected chi connectivity index (χ4v) is 3.17. The Morgan fingerprint density at radius 3 is 2.46 bits per heavy atom. The van der Waals surface area contributed by atoms with E-state index in [1.165, 1.54) is 18.2 Å². The van der Waals surface area contributed by atoms with Crippen LogP contribution in [0.5, 0.6) is 0 Å². The first-order chi connectivity index (χ1) is 11.4. The van der Waals surface area contributed by atoms with Gasteiger partial charge in [-0.25, -0.2) is 13.2 Å². The second-order valence-electron chi connectivity index (χ2n) is 5.51. The summed E-state index contributed by atoms with van der Waals surface area (Å²) in [5.74, 6) is -0.548. The van der Waals surface area contributed by atoms with Gasteiger partial charge in [-0.05, 0) is 34.5 Å². The van der Waals surface area contributed by atoms with Crippen LogP contribution in [-0.2, 0) is 21.2 Å². The Morgan fingerprint density at radius 2 is 1.67 bits per heavy atom. The lowest BCUT2D eigenvalue weighted by molar-refractivity contribution is 0.0474. The lowest BCUT2D eigenvalue weighted by Crippen LogP contribution is -2.07. The maximum atomic E-state index is 12.2. The highest BCUT2D eigenvalue weighted by molar-refractivity contribution is 7.90. The van der Waals surface area contributed by atoms with Crippen molar-refractivity contribution in [1.82, 2.24) is 0 Å². The summed E-state index contributed by atoms with van der Waals surface area (Å²) in [5.41, 5.74) is 1.12. The fraction of sp³-hybridized carbons (Fsp3) is 0.105. The molecule has 4 nitrogen and oxygen atoms in total. The summed E-state index contributed by atoms with van der Waals surface area (Å²) in [6.07, 6.45) is 1.10. The Labute approximate surface area is 140 Å². The molecule has 0 bridgehead atoms. The third kappa shape index (κ3) is 3.46. The topological polar surface area (TPSA) is 60.4 Å². The van der Waals surface area contributed by atoms with Crippen molar-refractivity contribution in [3.63, 3.8) is 0 Å². The van der Waals surface area contributed by atoms with Crippen molar-refractivity contribution in [2.24, 2.45) is 0 Å². The zero-order chi connectivity index (χ0) is 17.2. The molecule has 0 aliphatic rings. The number of carbonyl (C=O) groups excluding carboxylic acids is 1. The second kappa shape index (κ2) is 6.45. The van der Waals surface area contributed by atoms with E-state index in [1.807, 2.05) is 42.5 Å². The zero-order valence-electron chi connectivity index (χ0n) is 13.1. The molecule has 0 aliphatic carbocycles. The first-order valence-corrected chi connectivity index (χ1v) is 9.28. The van der Waals surface area contributed by atoms with Gasteiger partial charge in [-0.1, -0.05) is 48.5 Å². The van der Waals surface area contributed by atoms with Gasteiger partial charge < -0.3 is 4.74 Å². The van der Waals surface area contributed by atoms with Crippen molar-refractivity contribution in [2.75, 3.05) is 6.26 Å². The highest BCUT2D eigenvalue weighted by Crippen LogP contribution is 2.20. The van der Waals surface area contributed by atoms with E-state index in [4.69, 9.17) is 4.74 Å². The molecule has 0 spiro atoms. The number of hydrogen-bond donors (Lipinski definition) is 0. The molecule has 24 heavy (non-hydrogen) atoms. The van der Waals surface area contributed by atoms with Gasteiger partial charge >= 0.3 is 5.97 Å². The molecule has 0 unspecified atom stereocenters. The summed E-state index contributed by atoms with van der Waals surface area (Å²) in [4.78, 5) is 12.3. The minimum absolute atomic E-state index is 0.0992. The monoisotopic (exact) mass is 340 g/mol. The van der Waals surface area contributed by atoms with Crippen molar-refractivity contribution < 1.29 is 17.9 Å². The van der Waals surface area contributed by atoms with Gasteiger partial charge in [0.15, 0.2) is 9.84 Å². The summed E-state index contributed by atoms with van der Waals surface area (Å²) in [6.45, 7) is 0.128. The number of sulfone groups is 1. The van der Waals surface area contributed by atoms with Crippen molar-refractivity contribution in [2.45, 2.75) is 11.5 Å². The van der Waals surface area contributed by atoms with Gasteiger partial charge in [0.2, 0.25) is 0 Å². The standard InChI is InChI=1S/C19H16O4S/c1-24(21,22)17-10-5-8-15(12-17)19(20)23-13-16-9-4-7-14-6-2-3-11-18(14)16/h2-12H,13H2,1H3. The van der Waals surface area contributed by atoms with Gasteiger partial charge in [0.05, 0.1) is 10.5 Å². The summed E-state index contributed by atoms with van der Waals surface area (Å²) in [5, 5.41) is 2.10. The Balaban J connectivity index is 1.81. The lowest BCUT2D eigenvalue weighted by Gasteiger charge is -2.08. The zero-order valence-corrected chi connectivity index (χ0v) is 13.9. The molecule has 0 saturated heterocycles. The van der Waals surface area contributed by atoms with E-state index in [0.717, 1.165) is 22.6 Å². The maximum absolute atomic E-state index is 12.2. The molecule has 5 heteroatoms. The molecule has 3 rings (SSSR count). The molecular weight excluding hydrogens is 324 g/mol. The molecule has 0 fully saturated rings. The molecule has 122 valence electrons. The fourth-order valence-electron chi connectivity index (χ4n) is 2.50. The van der Waals surface area contributed by atoms with E-state index in [9.17, 15) is 13.2 Å². The highest BCUT2D eigenvalue weighted by atomic mass is 32.2. The number of benzene rings is 3. The van der Waals surface area contributed by atoms with Crippen LogP contribution >= 0.6 is 0 Å². The van der Waals surface area contributed by atoms with Crippen LogP contribution in [0.2, 0.25) is 0 Å². The number of fused-ring (bicyclic) bond motifs is 1. The Morgan fingerprint density at radius 1 is 0.958 bits per heavy atom. The van der Waals surface area contributed by atoms with E-state index in [2.05, 4.69) is 0 Å². The van der Waals surface area contributed by atoms with Crippen molar-refractivity contribution >= 4 is 26.6 Å². The first-order valence-electron chi connectivity index (χ1n) is 7.39. The summed E-state index contributed by atoms with van der Waals surface area (Å²) >= 11 is 0. The quantitative estimate of drug-likeness (QED) is 0.681. The molecule has 0 N–H and O–H groups in total. The number of esters is 1. The minimum Gasteiger partial charge on any atom is -0.457 e. The van der Waals surface area contributed by atoms with Gasteiger partial charge in [0.25, 0.3) is 0 Å². The largest absolute Gasteiger partial charge is 0.457 e. The molecule has 0 amide bonds. The average molecular weight is 340 g/mol. The summed E-state index contributed by atoms with van der Waals surface area (Å²) in [7, 11) is -3.36. The normalized spacial score (nSPS) is 11.4. The van der Waals surface area contributed by atoms with E-state index >= 15 is 0 Å². The SMILES string of the molecule is CS(=O)(=O)c1cccc(C(=O)OCc2cccc3ccccc23)c1. The predicted molar refractivity (Wildman–Crippen MR) is 92.6 cm³/mol. The van der Waals surface area contributed by atoms with Crippen molar-refractivity contribution in [3.05, 3.63) is 77.9 Å². The van der Waals surface area contributed by atoms with E-state index in [1.54, 1.807) is 6.07 Å². The smallest absolute Gasteiger partial charge is 0.338 e. The number of hydrogen-bond acceptors (Lipinski definition) is 4. The van der Waals surface area contributed by atoms with E-state index in [-0.39, 0.29) is 17.1 Å². The second-order valence-corrected chi connectivity index (χ2v) is 7.53. The Bertz CT molecular complexity index is 1000. The van der Waals surface area contributed by atoms with Crippen molar-refractivity contribution in [1.29, 1.82) is 0 Å². The van der Waals surface area contributed by atoms with Crippen molar-refractivity contribution in [3.8, 4) is 0 Å². The third-order valence-corrected chi connectivity index (χ3v) is 4.85. The van der Waals surface area contributed by atoms with Gasteiger partial charge in [0.1, 0.15) is 6.61 Å². The van der Waals surface area contributed by atoms with Crippen LogP contribution in [0.4, 0.5) is 0 Å². The Kier molecular flexibility index (Phi) is 4.36. The van der Waals surface area contributed by atoms with Gasteiger partial charge in [-0.15, -0.1) is 0 Å². The number of carbonyl (C=O) groups is 1. The van der Waals surface area contributed by atoms with Gasteiger partial charge in [-0.2, -0.15) is 0 Å². The lowest BCUT2D eigenvalue weighted by atomic mass is 10.1. The molecule has 3 aromatic rings. The third-order valence-electron chi connectivity index (χ3n) is 3.74. The Hall–Kier alpha value is -2.66. The molecule has 0 saturated carbocycles. The summed E-state index contributed by atoms with van der Waals surface area (Å²) in [6, 6.07) is 19.5. The van der Waals surface area contributed by atoms with Gasteiger partial charge in [-0.3, -0.25) is 0 Å². The number of rotatable bonds is 4. The van der Waals surface area contributed by atoms with Crippen LogP contribution in [-0.4, -0.2) is 20.6 Å². The molecule has 0 atom stereocenters. The van der Waals surface area contributed by atoms with Crippen LogP contribution in [0.3, 0.4) is 0 Å². The van der Waals surface area contributed by atoms with E-state index in [0.29, 0.717) is 0 Å². The molecule has 3 aromatic carbocycles. The van der Waals surface area contributed by atoms with Crippen LogP contribution in [0.1, 0.15) is 15.9 Å². The van der Waals surface area contributed by atoms with Crippen LogP contribution < -0.4 is 0 Å². The number of ether oxygens (including phenoxy) is 1. The van der Waals surface area contributed by atoms with E-state index < -0.39 is 15.8 Å². The van der Waals surface area contributed by atoms with Gasteiger partial charge in [0, 0.05) is 6.26 Å². The molecule has 0 heterocycles.